The monoisotopic (exact) mass is 486 g/mol. The van der Waals surface area contributed by atoms with Gasteiger partial charge in [-0.3, -0.25) is 9.59 Å². The fraction of sp³-hybridized carbons (Fsp3) is 0.300. The summed E-state index contributed by atoms with van der Waals surface area (Å²) in [5, 5.41) is 3.54. The van der Waals surface area contributed by atoms with Crippen LogP contribution in [0.15, 0.2) is 46.9 Å². The molecule has 0 spiro atoms. The van der Waals surface area contributed by atoms with E-state index in [2.05, 4.69) is 21.2 Å². The molecule has 1 N–H and O–H groups in total. The number of carbonyl (C=O) groups excluding carboxylic acids is 2. The van der Waals surface area contributed by atoms with Gasteiger partial charge in [-0.05, 0) is 49.7 Å². The standard InChI is InChI=1S/C20H21BrCl2N2O3/c1-3-24-20(27)13(2)25(11-14-5-4-6-15(21)9-14)19(26)12-28-18-8-7-16(22)10-17(18)23/h4-10,13H,3,11-12H2,1-2H3,(H,24,27)/t13-/m0/s1. The molecule has 150 valence electrons. The molecule has 0 radical (unpaired) electrons. The lowest BCUT2D eigenvalue weighted by atomic mass is 10.1. The van der Waals surface area contributed by atoms with Crippen LogP contribution in [-0.4, -0.2) is 35.9 Å². The molecule has 28 heavy (non-hydrogen) atoms. The summed E-state index contributed by atoms with van der Waals surface area (Å²) in [6.45, 7) is 4.03. The number of nitrogens with zero attached hydrogens (tertiary/aromatic N) is 1. The summed E-state index contributed by atoms with van der Waals surface area (Å²) in [6.07, 6.45) is 0. The first-order valence-corrected chi connectivity index (χ1v) is 10.3. The third-order valence-electron chi connectivity index (χ3n) is 4.01. The van der Waals surface area contributed by atoms with E-state index in [9.17, 15) is 9.59 Å². The van der Waals surface area contributed by atoms with Crippen molar-refractivity contribution < 1.29 is 14.3 Å². The molecule has 5 nitrogen and oxygen atoms in total. The predicted molar refractivity (Wildman–Crippen MR) is 115 cm³/mol. The van der Waals surface area contributed by atoms with Crippen LogP contribution in [-0.2, 0) is 16.1 Å². The highest BCUT2D eigenvalue weighted by Crippen LogP contribution is 2.27. The summed E-state index contributed by atoms with van der Waals surface area (Å²) in [4.78, 5) is 26.7. The van der Waals surface area contributed by atoms with Gasteiger partial charge in [0.15, 0.2) is 6.61 Å². The Kier molecular flexibility index (Phi) is 8.60. The lowest BCUT2D eigenvalue weighted by molar-refractivity contribution is -0.142. The number of carbonyl (C=O) groups is 2. The molecular formula is C20H21BrCl2N2O3. The molecule has 0 saturated carbocycles. The quantitative estimate of drug-likeness (QED) is 0.587. The molecule has 8 heteroatoms. The minimum absolute atomic E-state index is 0.227. The van der Waals surface area contributed by atoms with Gasteiger partial charge in [0.25, 0.3) is 5.91 Å². The van der Waals surface area contributed by atoms with Crippen molar-refractivity contribution >= 4 is 50.9 Å². The fourth-order valence-corrected chi connectivity index (χ4v) is 3.46. The number of hydrogen-bond donors (Lipinski definition) is 1. The Morgan fingerprint density at radius 3 is 2.61 bits per heavy atom. The van der Waals surface area contributed by atoms with Gasteiger partial charge in [0.05, 0.1) is 5.02 Å². The molecule has 0 bridgehead atoms. The first-order chi connectivity index (χ1) is 13.3. The van der Waals surface area contributed by atoms with E-state index in [1.54, 1.807) is 25.1 Å². The van der Waals surface area contributed by atoms with Gasteiger partial charge >= 0.3 is 0 Å². The van der Waals surface area contributed by atoms with E-state index < -0.39 is 6.04 Å². The fourth-order valence-electron chi connectivity index (χ4n) is 2.55. The number of hydrogen-bond acceptors (Lipinski definition) is 3. The SMILES string of the molecule is CCNC(=O)[C@H](C)N(Cc1cccc(Br)c1)C(=O)COc1ccc(Cl)cc1Cl. The van der Waals surface area contributed by atoms with Crippen molar-refractivity contribution in [3.63, 3.8) is 0 Å². The van der Waals surface area contributed by atoms with Crippen molar-refractivity contribution in [1.29, 1.82) is 0 Å². The maximum Gasteiger partial charge on any atom is 0.261 e. The van der Waals surface area contributed by atoms with Crippen LogP contribution in [0.3, 0.4) is 0 Å². The molecule has 0 fully saturated rings. The van der Waals surface area contributed by atoms with Crippen LogP contribution in [0.4, 0.5) is 0 Å². The number of rotatable bonds is 8. The molecule has 2 aromatic carbocycles. The van der Waals surface area contributed by atoms with Crippen molar-refractivity contribution in [3.05, 3.63) is 62.5 Å². The van der Waals surface area contributed by atoms with E-state index >= 15 is 0 Å². The zero-order chi connectivity index (χ0) is 20.7. The molecule has 0 aliphatic carbocycles. The van der Waals surface area contributed by atoms with Gasteiger partial charge in [-0.2, -0.15) is 0 Å². The second kappa shape index (κ2) is 10.7. The Labute approximate surface area is 183 Å². The first kappa shape index (κ1) is 22.5. The van der Waals surface area contributed by atoms with E-state index in [1.807, 2.05) is 31.2 Å². The number of nitrogens with one attached hydrogen (secondary N) is 1. The zero-order valence-electron chi connectivity index (χ0n) is 15.5. The molecule has 2 rings (SSSR count). The molecule has 0 saturated heterocycles. The summed E-state index contributed by atoms with van der Waals surface area (Å²) in [5.41, 5.74) is 0.892. The van der Waals surface area contributed by atoms with Crippen LogP contribution >= 0.6 is 39.1 Å². The number of halogens is 3. The molecule has 0 heterocycles. The molecule has 0 aliphatic rings. The van der Waals surface area contributed by atoms with Gasteiger partial charge in [0.2, 0.25) is 5.91 Å². The van der Waals surface area contributed by atoms with E-state index in [0.717, 1.165) is 10.0 Å². The zero-order valence-corrected chi connectivity index (χ0v) is 18.6. The van der Waals surface area contributed by atoms with Crippen LogP contribution in [0.5, 0.6) is 5.75 Å². The number of likely N-dealkylation sites (N-methyl/N-ethyl adjacent to an activating group) is 1. The number of ether oxygens (including phenoxy) is 1. The minimum atomic E-state index is -0.657. The summed E-state index contributed by atoms with van der Waals surface area (Å²) in [6, 6.07) is 11.7. The average molecular weight is 488 g/mol. The Hall–Kier alpha value is -1.76. The lowest BCUT2D eigenvalue weighted by Gasteiger charge is -2.28. The van der Waals surface area contributed by atoms with Crippen molar-refractivity contribution in [3.8, 4) is 5.75 Å². The Morgan fingerprint density at radius 1 is 1.21 bits per heavy atom. The summed E-state index contributed by atoms with van der Waals surface area (Å²) < 4.78 is 6.46. The highest BCUT2D eigenvalue weighted by molar-refractivity contribution is 9.10. The van der Waals surface area contributed by atoms with Crippen molar-refractivity contribution in [2.75, 3.05) is 13.2 Å². The second-order valence-corrected chi connectivity index (χ2v) is 7.84. The molecular weight excluding hydrogens is 467 g/mol. The average Bonchev–Trinajstić information content (AvgIpc) is 2.65. The van der Waals surface area contributed by atoms with Crippen LogP contribution < -0.4 is 10.1 Å². The smallest absolute Gasteiger partial charge is 0.261 e. The van der Waals surface area contributed by atoms with Crippen LogP contribution in [0.1, 0.15) is 19.4 Å². The van der Waals surface area contributed by atoms with E-state index in [4.69, 9.17) is 27.9 Å². The Morgan fingerprint density at radius 2 is 1.96 bits per heavy atom. The van der Waals surface area contributed by atoms with Crippen LogP contribution in [0, 0.1) is 0 Å². The van der Waals surface area contributed by atoms with Crippen molar-refractivity contribution in [2.45, 2.75) is 26.4 Å². The summed E-state index contributed by atoms with van der Waals surface area (Å²) in [7, 11) is 0. The van der Waals surface area contributed by atoms with E-state index in [-0.39, 0.29) is 25.0 Å². The third kappa shape index (κ3) is 6.40. The summed E-state index contributed by atoms with van der Waals surface area (Å²) >= 11 is 15.4. The van der Waals surface area contributed by atoms with Gasteiger partial charge in [-0.15, -0.1) is 0 Å². The maximum absolute atomic E-state index is 12.9. The van der Waals surface area contributed by atoms with E-state index in [0.29, 0.717) is 22.3 Å². The molecule has 1 atom stereocenters. The Balaban J connectivity index is 2.16. The second-order valence-electron chi connectivity index (χ2n) is 6.09. The van der Waals surface area contributed by atoms with Gasteiger partial charge in [0, 0.05) is 22.6 Å². The highest BCUT2D eigenvalue weighted by Gasteiger charge is 2.26. The van der Waals surface area contributed by atoms with Gasteiger partial charge in [-0.25, -0.2) is 0 Å². The Bertz CT molecular complexity index is 848. The molecule has 0 aliphatic heterocycles. The summed E-state index contributed by atoms with van der Waals surface area (Å²) in [5.74, 6) is -0.201. The highest BCUT2D eigenvalue weighted by atomic mass is 79.9. The maximum atomic E-state index is 12.9. The van der Waals surface area contributed by atoms with E-state index in [1.165, 1.54) is 4.90 Å². The minimum Gasteiger partial charge on any atom is -0.482 e. The third-order valence-corrected chi connectivity index (χ3v) is 5.03. The largest absolute Gasteiger partial charge is 0.482 e. The lowest BCUT2D eigenvalue weighted by Crippen LogP contribution is -2.49. The van der Waals surface area contributed by atoms with Crippen LogP contribution in [0.25, 0.3) is 0 Å². The molecule has 0 aromatic heterocycles. The van der Waals surface area contributed by atoms with Gasteiger partial charge in [-0.1, -0.05) is 51.3 Å². The predicted octanol–water partition coefficient (Wildman–Crippen LogP) is 4.69. The van der Waals surface area contributed by atoms with Crippen molar-refractivity contribution in [2.24, 2.45) is 0 Å². The molecule has 2 amide bonds. The number of benzene rings is 2. The normalized spacial score (nSPS) is 11.6. The topological polar surface area (TPSA) is 58.6 Å². The number of amides is 2. The molecule has 2 aromatic rings. The first-order valence-electron chi connectivity index (χ1n) is 8.71. The molecule has 0 unspecified atom stereocenters. The van der Waals surface area contributed by atoms with Gasteiger partial charge < -0.3 is 15.0 Å². The van der Waals surface area contributed by atoms with Crippen LogP contribution in [0.2, 0.25) is 10.0 Å². The van der Waals surface area contributed by atoms with Gasteiger partial charge in [0.1, 0.15) is 11.8 Å². The van der Waals surface area contributed by atoms with Crippen molar-refractivity contribution in [1.82, 2.24) is 10.2 Å².